The van der Waals surface area contributed by atoms with Crippen LogP contribution in [0.25, 0.3) is 0 Å². The molecule has 1 saturated carbocycles. The zero-order chi connectivity index (χ0) is 14.6. The molecule has 104 valence electrons. The fourth-order valence-electron chi connectivity index (χ4n) is 2.07. The number of carbonyl (C=O) groups is 2. The quantitative estimate of drug-likeness (QED) is 0.854. The van der Waals surface area contributed by atoms with Gasteiger partial charge in [0.15, 0.2) is 0 Å². The fraction of sp³-hybridized carbons (Fsp3) is 0.400. The van der Waals surface area contributed by atoms with E-state index in [4.69, 9.17) is 10.00 Å². The number of hydrogen-bond acceptors (Lipinski definition) is 4. The van der Waals surface area contributed by atoms with E-state index in [-0.39, 0.29) is 5.91 Å². The van der Waals surface area contributed by atoms with Crippen molar-refractivity contribution in [3.05, 3.63) is 29.8 Å². The maximum atomic E-state index is 12.0. The summed E-state index contributed by atoms with van der Waals surface area (Å²) in [4.78, 5) is 23.5. The summed E-state index contributed by atoms with van der Waals surface area (Å²) < 4.78 is 4.88. The summed E-state index contributed by atoms with van der Waals surface area (Å²) in [7, 11) is 0. The Kier molecular flexibility index (Phi) is 4.04. The first-order chi connectivity index (χ1) is 9.61. The van der Waals surface area contributed by atoms with E-state index in [9.17, 15) is 9.59 Å². The number of rotatable bonds is 4. The molecule has 0 aromatic heterocycles. The van der Waals surface area contributed by atoms with Crippen molar-refractivity contribution in [1.29, 1.82) is 5.26 Å². The number of hydrogen-bond donors (Lipinski definition) is 1. The fourth-order valence-corrected chi connectivity index (χ4v) is 2.07. The number of nitrogens with one attached hydrogen (secondary N) is 1. The van der Waals surface area contributed by atoms with Crippen LogP contribution >= 0.6 is 0 Å². The molecule has 0 aliphatic heterocycles. The van der Waals surface area contributed by atoms with Gasteiger partial charge in [-0.2, -0.15) is 5.26 Å². The molecule has 1 amide bonds. The van der Waals surface area contributed by atoms with Crippen LogP contribution in [-0.2, 0) is 9.53 Å². The average molecular weight is 272 g/mol. The lowest BCUT2D eigenvalue weighted by molar-refractivity contribution is -0.126. The summed E-state index contributed by atoms with van der Waals surface area (Å²) in [5.74, 6) is -0.659. The Morgan fingerprint density at radius 1 is 1.35 bits per heavy atom. The van der Waals surface area contributed by atoms with Gasteiger partial charge in [0.25, 0.3) is 0 Å². The number of nitriles is 1. The minimum Gasteiger partial charge on any atom is -0.462 e. The molecule has 5 heteroatoms. The van der Waals surface area contributed by atoms with Gasteiger partial charge >= 0.3 is 5.97 Å². The maximum absolute atomic E-state index is 12.0. The molecular formula is C15H16N2O3. The molecule has 1 N–H and O–H groups in total. The van der Waals surface area contributed by atoms with Crippen molar-refractivity contribution in [2.75, 3.05) is 11.9 Å². The zero-order valence-electron chi connectivity index (χ0n) is 11.3. The highest BCUT2D eigenvalue weighted by Gasteiger charge is 2.44. The lowest BCUT2D eigenvalue weighted by Crippen LogP contribution is -2.40. The third-order valence-corrected chi connectivity index (χ3v) is 3.51. The van der Waals surface area contributed by atoms with Crippen LogP contribution in [0.15, 0.2) is 24.3 Å². The molecule has 20 heavy (non-hydrogen) atoms. The van der Waals surface area contributed by atoms with Crippen molar-refractivity contribution < 1.29 is 14.3 Å². The molecule has 0 spiro atoms. The second kappa shape index (κ2) is 5.74. The van der Waals surface area contributed by atoms with Crippen molar-refractivity contribution in [1.82, 2.24) is 0 Å². The first kappa shape index (κ1) is 14.1. The minimum absolute atomic E-state index is 0.268. The summed E-state index contributed by atoms with van der Waals surface area (Å²) in [5, 5.41) is 11.8. The second-order valence-corrected chi connectivity index (χ2v) is 4.80. The van der Waals surface area contributed by atoms with E-state index >= 15 is 0 Å². The van der Waals surface area contributed by atoms with Crippen molar-refractivity contribution in [3.8, 4) is 6.07 Å². The van der Waals surface area contributed by atoms with E-state index in [1.807, 2.05) is 0 Å². The van der Waals surface area contributed by atoms with E-state index in [0.717, 1.165) is 6.42 Å². The molecular weight excluding hydrogens is 256 g/mol. The summed E-state index contributed by atoms with van der Waals surface area (Å²) in [5.41, 5.74) is 0.132. The Labute approximate surface area is 117 Å². The van der Waals surface area contributed by atoms with Crippen molar-refractivity contribution in [2.45, 2.75) is 26.2 Å². The predicted molar refractivity (Wildman–Crippen MR) is 72.9 cm³/mol. The average Bonchev–Trinajstić information content (AvgIpc) is 2.39. The number of benzene rings is 1. The topological polar surface area (TPSA) is 79.2 Å². The maximum Gasteiger partial charge on any atom is 0.338 e. The van der Waals surface area contributed by atoms with Gasteiger partial charge in [0.05, 0.1) is 18.2 Å². The number of esters is 1. The summed E-state index contributed by atoms with van der Waals surface area (Å²) in [6, 6.07) is 8.54. The summed E-state index contributed by atoms with van der Waals surface area (Å²) in [6.07, 6.45) is 2.12. The van der Waals surface area contributed by atoms with Gasteiger partial charge in [-0.25, -0.2) is 4.79 Å². The Balaban J connectivity index is 2.03. The van der Waals surface area contributed by atoms with Crippen LogP contribution in [0.5, 0.6) is 0 Å². The van der Waals surface area contributed by atoms with E-state index in [2.05, 4.69) is 11.4 Å². The van der Waals surface area contributed by atoms with Gasteiger partial charge in [-0.05, 0) is 50.5 Å². The van der Waals surface area contributed by atoms with Gasteiger partial charge < -0.3 is 10.1 Å². The first-order valence-corrected chi connectivity index (χ1v) is 6.61. The zero-order valence-corrected chi connectivity index (χ0v) is 11.3. The second-order valence-electron chi connectivity index (χ2n) is 4.80. The van der Waals surface area contributed by atoms with Gasteiger partial charge in [-0.15, -0.1) is 0 Å². The van der Waals surface area contributed by atoms with Crippen molar-refractivity contribution in [3.63, 3.8) is 0 Å². The lowest BCUT2D eigenvalue weighted by atomic mass is 9.69. The van der Waals surface area contributed by atoms with E-state index in [0.29, 0.717) is 30.7 Å². The molecule has 1 aliphatic rings. The molecule has 0 saturated heterocycles. The summed E-state index contributed by atoms with van der Waals surface area (Å²) >= 11 is 0. The van der Waals surface area contributed by atoms with Gasteiger partial charge in [0.1, 0.15) is 5.41 Å². The minimum atomic E-state index is -0.875. The molecule has 0 unspecified atom stereocenters. The van der Waals surface area contributed by atoms with Crippen LogP contribution < -0.4 is 5.32 Å². The Morgan fingerprint density at radius 2 is 2.00 bits per heavy atom. The monoisotopic (exact) mass is 272 g/mol. The number of nitrogens with zero attached hydrogens (tertiary/aromatic N) is 1. The molecule has 0 radical (unpaired) electrons. The standard InChI is InChI=1S/C15H16N2O3/c1-2-20-13(18)11-4-6-12(7-5-11)17-14(19)15(10-16)8-3-9-15/h4-7H,2-3,8-9H2,1H3,(H,17,19). The molecule has 2 rings (SSSR count). The van der Waals surface area contributed by atoms with Crippen LogP contribution in [0, 0.1) is 16.7 Å². The van der Waals surface area contributed by atoms with Gasteiger partial charge in [-0.3, -0.25) is 4.79 Å². The van der Waals surface area contributed by atoms with Gasteiger partial charge in [0.2, 0.25) is 5.91 Å². The van der Waals surface area contributed by atoms with Crippen LogP contribution in [0.4, 0.5) is 5.69 Å². The lowest BCUT2D eigenvalue weighted by Gasteiger charge is -2.33. The Morgan fingerprint density at radius 3 is 2.45 bits per heavy atom. The predicted octanol–water partition coefficient (Wildman–Crippen LogP) is 2.50. The van der Waals surface area contributed by atoms with E-state index in [1.165, 1.54) is 0 Å². The normalized spacial score (nSPS) is 15.6. The third kappa shape index (κ3) is 2.64. The molecule has 1 aliphatic carbocycles. The molecule has 5 nitrogen and oxygen atoms in total. The van der Waals surface area contributed by atoms with Crippen LogP contribution in [0.3, 0.4) is 0 Å². The molecule has 1 fully saturated rings. The third-order valence-electron chi connectivity index (χ3n) is 3.51. The molecule has 0 heterocycles. The smallest absolute Gasteiger partial charge is 0.338 e. The highest BCUT2D eigenvalue weighted by molar-refractivity contribution is 5.98. The highest BCUT2D eigenvalue weighted by Crippen LogP contribution is 2.41. The highest BCUT2D eigenvalue weighted by atomic mass is 16.5. The Bertz CT molecular complexity index is 553. The number of amides is 1. The van der Waals surface area contributed by atoms with Gasteiger partial charge in [0, 0.05) is 5.69 Å². The van der Waals surface area contributed by atoms with Gasteiger partial charge in [-0.1, -0.05) is 0 Å². The van der Waals surface area contributed by atoms with Crippen molar-refractivity contribution in [2.24, 2.45) is 5.41 Å². The van der Waals surface area contributed by atoms with Crippen LogP contribution in [-0.4, -0.2) is 18.5 Å². The Hall–Kier alpha value is -2.35. The summed E-state index contributed by atoms with van der Waals surface area (Å²) in [6.45, 7) is 2.06. The first-order valence-electron chi connectivity index (χ1n) is 6.61. The van der Waals surface area contributed by atoms with E-state index in [1.54, 1.807) is 31.2 Å². The number of carbonyl (C=O) groups excluding carboxylic acids is 2. The molecule has 1 aromatic rings. The SMILES string of the molecule is CCOC(=O)c1ccc(NC(=O)C2(C#N)CCC2)cc1. The largest absolute Gasteiger partial charge is 0.462 e. The number of anilines is 1. The molecule has 1 aromatic carbocycles. The van der Waals surface area contributed by atoms with E-state index < -0.39 is 11.4 Å². The van der Waals surface area contributed by atoms with Crippen LogP contribution in [0.2, 0.25) is 0 Å². The van der Waals surface area contributed by atoms with Crippen molar-refractivity contribution >= 4 is 17.6 Å². The molecule has 0 atom stereocenters. The molecule has 0 bridgehead atoms. The number of ether oxygens (including phenoxy) is 1. The van der Waals surface area contributed by atoms with Crippen LogP contribution in [0.1, 0.15) is 36.5 Å².